The Hall–Kier alpha value is -1.68. The maximum Gasteiger partial charge on any atom is 0.337 e. The fourth-order valence-electron chi connectivity index (χ4n) is 2.75. The van der Waals surface area contributed by atoms with E-state index in [2.05, 4.69) is 14.2 Å². The van der Waals surface area contributed by atoms with Crippen LogP contribution in [0, 0.1) is 0 Å². The summed E-state index contributed by atoms with van der Waals surface area (Å²) in [5.41, 5.74) is 5.74. The molecule has 0 amide bonds. The molecule has 0 spiro atoms. The van der Waals surface area contributed by atoms with Gasteiger partial charge in [0.05, 0.1) is 30.2 Å². The second kappa shape index (κ2) is 9.31. The van der Waals surface area contributed by atoms with Crippen molar-refractivity contribution >= 4 is 34.4 Å². The normalized spacial score (nSPS) is 20.0. The maximum atomic E-state index is 12.7. The number of esters is 2. The summed E-state index contributed by atoms with van der Waals surface area (Å²) in [6, 6.07) is 3.45. The van der Waals surface area contributed by atoms with Crippen LogP contribution >= 0.6 is 12.4 Å². The van der Waals surface area contributed by atoms with Crippen molar-refractivity contribution < 1.29 is 27.5 Å². The van der Waals surface area contributed by atoms with Gasteiger partial charge in [0.1, 0.15) is 0 Å². The Kier molecular flexibility index (Phi) is 8.01. The zero-order valence-electron chi connectivity index (χ0n) is 14.6. The van der Waals surface area contributed by atoms with E-state index in [1.807, 2.05) is 0 Å². The molecule has 2 rings (SSSR count). The van der Waals surface area contributed by atoms with Gasteiger partial charge < -0.3 is 15.2 Å². The molecule has 0 aliphatic heterocycles. The molecule has 0 atom stereocenters. The number of hydrogen-bond acceptors (Lipinski definition) is 7. The van der Waals surface area contributed by atoms with E-state index in [-0.39, 0.29) is 40.5 Å². The Morgan fingerprint density at radius 1 is 1.00 bits per heavy atom. The van der Waals surface area contributed by atoms with E-state index in [1.54, 1.807) is 0 Å². The summed E-state index contributed by atoms with van der Waals surface area (Å²) in [4.78, 5) is 23.4. The molecule has 146 valence electrons. The zero-order chi connectivity index (χ0) is 18.6. The minimum Gasteiger partial charge on any atom is -0.465 e. The summed E-state index contributed by atoms with van der Waals surface area (Å²) >= 11 is 0. The highest BCUT2D eigenvalue weighted by Crippen LogP contribution is 2.21. The molecule has 0 aromatic heterocycles. The highest BCUT2D eigenvalue weighted by atomic mass is 35.5. The second-order valence-electron chi connectivity index (χ2n) is 5.96. The standard InChI is InChI=1S/C16H22N2O6S.ClH/c1-23-15(19)10-7-11(16(20)24-2)9-14(8-10)25(21,22)18-13-5-3-12(17)4-6-13;/h7-9,12-13,18H,3-6,17H2,1-2H3;1H. The number of nitrogens with one attached hydrogen (secondary N) is 1. The Morgan fingerprint density at radius 3 is 1.88 bits per heavy atom. The highest BCUT2D eigenvalue weighted by Gasteiger charge is 2.26. The lowest BCUT2D eigenvalue weighted by molar-refractivity contribution is 0.0598. The van der Waals surface area contributed by atoms with E-state index >= 15 is 0 Å². The van der Waals surface area contributed by atoms with Gasteiger partial charge in [0.2, 0.25) is 10.0 Å². The third-order valence-electron chi connectivity index (χ3n) is 4.15. The van der Waals surface area contributed by atoms with Gasteiger partial charge in [-0.15, -0.1) is 12.4 Å². The second-order valence-corrected chi connectivity index (χ2v) is 7.68. The van der Waals surface area contributed by atoms with Gasteiger partial charge >= 0.3 is 11.9 Å². The number of halogens is 1. The van der Waals surface area contributed by atoms with Gasteiger partial charge in [-0.25, -0.2) is 22.7 Å². The smallest absolute Gasteiger partial charge is 0.337 e. The molecule has 1 aliphatic rings. The van der Waals surface area contributed by atoms with Gasteiger partial charge in [-0.3, -0.25) is 0 Å². The highest BCUT2D eigenvalue weighted by molar-refractivity contribution is 7.89. The number of carbonyl (C=O) groups is 2. The summed E-state index contributed by atoms with van der Waals surface area (Å²) in [5, 5.41) is 0. The predicted molar refractivity (Wildman–Crippen MR) is 96.9 cm³/mol. The van der Waals surface area contributed by atoms with Crippen molar-refractivity contribution in [1.82, 2.24) is 4.72 Å². The number of rotatable bonds is 5. The van der Waals surface area contributed by atoms with Crippen LogP contribution in [-0.2, 0) is 19.5 Å². The van der Waals surface area contributed by atoms with Crippen molar-refractivity contribution in [3.63, 3.8) is 0 Å². The Bertz CT molecular complexity index is 726. The maximum absolute atomic E-state index is 12.7. The Labute approximate surface area is 158 Å². The van der Waals surface area contributed by atoms with Crippen LogP contribution < -0.4 is 10.5 Å². The molecular formula is C16H23ClN2O6S. The van der Waals surface area contributed by atoms with E-state index < -0.39 is 22.0 Å². The van der Waals surface area contributed by atoms with Crippen molar-refractivity contribution in [1.29, 1.82) is 0 Å². The van der Waals surface area contributed by atoms with Gasteiger partial charge in [-0.2, -0.15) is 0 Å². The van der Waals surface area contributed by atoms with Gasteiger partial charge in [-0.05, 0) is 43.9 Å². The summed E-state index contributed by atoms with van der Waals surface area (Å²) in [5.74, 6) is -1.49. The van der Waals surface area contributed by atoms with Crippen molar-refractivity contribution in [2.45, 2.75) is 42.7 Å². The quantitative estimate of drug-likeness (QED) is 0.704. The molecule has 0 radical (unpaired) electrons. The van der Waals surface area contributed by atoms with Crippen LogP contribution in [-0.4, -0.2) is 46.7 Å². The van der Waals surface area contributed by atoms with E-state index in [9.17, 15) is 18.0 Å². The number of carbonyl (C=O) groups excluding carboxylic acids is 2. The largest absolute Gasteiger partial charge is 0.465 e. The number of hydrogen-bond donors (Lipinski definition) is 2. The van der Waals surface area contributed by atoms with E-state index in [4.69, 9.17) is 5.73 Å². The zero-order valence-corrected chi connectivity index (χ0v) is 16.2. The minimum atomic E-state index is -3.91. The van der Waals surface area contributed by atoms with E-state index in [0.29, 0.717) is 12.8 Å². The summed E-state index contributed by atoms with van der Waals surface area (Å²) in [7, 11) is -1.57. The minimum absolute atomic E-state index is 0. The number of methoxy groups -OCH3 is 2. The SMILES string of the molecule is COC(=O)c1cc(C(=O)OC)cc(S(=O)(=O)NC2CCC(N)CC2)c1.Cl. The van der Waals surface area contributed by atoms with Crippen LogP contribution in [0.5, 0.6) is 0 Å². The molecule has 3 N–H and O–H groups in total. The van der Waals surface area contributed by atoms with Crippen LogP contribution in [0.2, 0.25) is 0 Å². The molecule has 1 saturated carbocycles. The van der Waals surface area contributed by atoms with Gasteiger partial charge in [0.25, 0.3) is 0 Å². The van der Waals surface area contributed by atoms with Crippen LogP contribution in [0.25, 0.3) is 0 Å². The van der Waals surface area contributed by atoms with Crippen LogP contribution in [0.1, 0.15) is 46.4 Å². The lowest BCUT2D eigenvalue weighted by Crippen LogP contribution is -2.40. The summed E-state index contributed by atoms with van der Waals surface area (Å²) in [6.45, 7) is 0. The van der Waals surface area contributed by atoms with Crippen LogP contribution in [0.4, 0.5) is 0 Å². The average Bonchev–Trinajstić information content (AvgIpc) is 2.61. The summed E-state index contributed by atoms with van der Waals surface area (Å²) < 4.78 is 37.2. The molecule has 1 fully saturated rings. The number of ether oxygens (including phenoxy) is 2. The first kappa shape index (κ1) is 22.4. The Morgan fingerprint density at radius 2 is 1.46 bits per heavy atom. The number of sulfonamides is 1. The van der Waals surface area contributed by atoms with E-state index in [0.717, 1.165) is 12.8 Å². The molecule has 8 nitrogen and oxygen atoms in total. The first-order valence-electron chi connectivity index (χ1n) is 7.86. The fraction of sp³-hybridized carbons (Fsp3) is 0.500. The number of benzene rings is 1. The molecule has 10 heteroatoms. The third-order valence-corrected chi connectivity index (χ3v) is 5.65. The molecule has 0 unspecified atom stereocenters. The van der Waals surface area contributed by atoms with Crippen LogP contribution in [0.3, 0.4) is 0 Å². The average molecular weight is 407 g/mol. The summed E-state index contributed by atoms with van der Waals surface area (Å²) in [6.07, 6.45) is 2.76. The molecule has 1 aliphatic carbocycles. The van der Waals surface area contributed by atoms with Gasteiger partial charge in [-0.1, -0.05) is 0 Å². The fourth-order valence-corrected chi connectivity index (χ4v) is 4.12. The van der Waals surface area contributed by atoms with Crippen LogP contribution in [0.15, 0.2) is 23.1 Å². The number of nitrogens with two attached hydrogens (primary N) is 1. The molecule has 1 aromatic carbocycles. The van der Waals surface area contributed by atoms with Crippen molar-refractivity contribution in [3.05, 3.63) is 29.3 Å². The van der Waals surface area contributed by atoms with Crippen molar-refractivity contribution in [2.24, 2.45) is 5.73 Å². The first-order chi connectivity index (χ1) is 11.8. The first-order valence-corrected chi connectivity index (χ1v) is 9.34. The third kappa shape index (κ3) is 5.41. The van der Waals surface area contributed by atoms with Crippen molar-refractivity contribution in [2.75, 3.05) is 14.2 Å². The van der Waals surface area contributed by atoms with E-state index in [1.165, 1.54) is 32.4 Å². The molecule has 26 heavy (non-hydrogen) atoms. The van der Waals surface area contributed by atoms with Gasteiger partial charge in [0.15, 0.2) is 0 Å². The lowest BCUT2D eigenvalue weighted by atomic mass is 9.93. The Balaban J connectivity index is 0.00000338. The molecule has 1 aromatic rings. The molecule has 0 bridgehead atoms. The molecule has 0 saturated heterocycles. The predicted octanol–water partition coefficient (Wildman–Crippen LogP) is 1.23. The monoisotopic (exact) mass is 406 g/mol. The molecular weight excluding hydrogens is 384 g/mol. The topological polar surface area (TPSA) is 125 Å². The molecule has 0 heterocycles. The van der Waals surface area contributed by atoms with Gasteiger partial charge in [0, 0.05) is 12.1 Å². The van der Waals surface area contributed by atoms with Crippen molar-refractivity contribution in [3.8, 4) is 0 Å². The lowest BCUT2D eigenvalue weighted by Gasteiger charge is -2.26.